The smallest absolute Gasteiger partial charge is 0.00702 e. The van der Waals surface area contributed by atoms with E-state index in [2.05, 4.69) is 53.8 Å². The van der Waals surface area contributed by atoms with Crippen LogP contribution in [0.25, 0.3) is 0 Å². The van der Waals surface area contributed by atoms with Crippen LogP contribution in [-0.2, 0) is 0 Å². The molecule has 1 heteroatoms. The average molecular weight is 259 g/mol. The van der Waals surface area contributed by atoms with E-state index >= 15 is 0 Å². The third-order valence-electron chi connectivity index (χ3n) is 5.77. The van der Waals surface area contributed by atoms with E-state index in [1.165, 1.54) is 34.2 Å². The van der Waals surface area contributed by atoms with Crippen LogP contribution in [0, 0.1) is 40.5 Å². The van der Waals surface area contributed by atoms with E-state index in [0.29, 0.717) is 17.9 Å². The van der Waals surface area contributed by atoms with Crippen molar-refractivity contribution < 1.29 is 0 Å². The molecule has 1 aromatic carbocycles. The summed E-state index contributed by atoms with van der Waals surface area (Å²) in [5.41, 5.74) is 9.18. The second-order valence-electron chi connectivity index (χ2n) is 6.54. The van der Waals surface area contributed by atoms with Gasteiger partial charge in [0, 0.05) is 6.04 Å². The van der Waals surface area contributed by atoms with Gasteiger partial charge in [0.05, 0.1) is 0 Å². The maximum Gasteiger partial charge on any atom is 0.00702 e. The van der Waals surface area contributed by atoms with Crippen molar-refractivity contribution in [2.75, 3.05) is 6.54 Å². The maximum absolute atomic E-state index is 3.61. The summed E-state index contributed by atoms with van der Waals surface area (Å²) in [5.74, 6) is 1.43. The zero-order valence-electron chi connectivity index (χ0n) is 13.6. The number of hydrogen-bond donors (Lipinski definition) is 1. The highest BCUT2D eigenvalue weighted by Crippen LogP contribution is 2.39. The fraction of sp³-hybridized carbons (Fsp3) is 0.667. The molecule has 1 fully saturated rings. The monoisotopic (exact) mass is 259 g/mol. The zero-order chi connectivity index (χ0) is 14.3. The first-order valence-electron chi connectivity index (χ1n) is 7.66. The highest BCUT2D eigenvalue weighted by Gasteiger charge is 2.30. The Morgan fingerprint density at radius 2 is 1.26 bits per heavy atom. The lowest BCUT2D eigenvalue weighted by Gasteiger charge is -2.38. The minimum atomic E-state index is 0.625. The lowest BCUT2D eigenvalue weighted by molar-refractivity contribution is 0.275. The van der Waals surface area contributed by atoms with Gasteiger partial charge in [0.25, 0.3) is 0 Å². The standard InChI is InChI=1S/C18H29N/c1-10-11(2)13(4)18(14(5)12(10)3)17-8-9-19-16(7)15(17)6/h15-17,19H,8-9H2,1-7H3. The van der Waals surface area contributed by atoms with Crippen LogP contribution in [0.3, 0.4) is 0 Å². The van der Waals surface area contributed by atoms with Crippen molar-refractivity contribution in [2.45, 2.75) is 66.8 Å². The van der Waals surface area contributed by atoms with Crippen molar-refractivity contribution in [3.63, 3.8) is 0 Å². The molecule has 0 amide bonds. The Morgan fingerprint density at radius 3 is 1.79 bits per heavy atom. The van der Waals surface area contributed by atoms with Crippen molar-refractivity contribution in [1.29, 1.82) is 0 Å². The van der Waals surface area contributed by atoms with Crippen LogP contribution in [0.5, 0.6) is 0 Å². The molecule has 0 bridgehead atoms. The Hall–Kier alpha value is -0.820. The number of nitrogens with one attached hydrogen (secondary N) is 1. The van der Waals surface area contributed by atoms with Gasteiger partial charge in [0.15, 0.2) is 0 Å². The van der Waals surface area contributed by atoms with Crippen LogP contribution in [0.4, 0.5) is 0 Å². The molecule has 1 saturated heterocycles. The summed E-state index contributed by atoms with van der Waals surface area (Å²) >= 11 is 0. The number of hydrogen-bond acceptors (Lipinski definition) is 1. The highest BCUT2D eigenvalue weighted by molar-refractivity contribution is 5.51. The molecule has 3 atom stereocenters. The summed E-state index contributed by atoms with van der Waals surface area (Å²) < 4.78 is 0. The van der Waals surface area contributed by atoms with Gasteiger partial charge >= 0.3 is 0 Å². The largest absolute Gasteiger partial charge is 0.314 e. The predicted octanol–water partition coefficient (Wildman–Crippen LogP) is 4.33. The van der Waals surface area contributed by atoms with E-state index in [9.17, 15) is 0 Å². The molecule has 1 nitrogen and oxygen atoms in total. The van der Waals surface area contributed by atoms with Gasteiger partial charge in [-0.1, -0.05) is 6.92 Å². The number of rotatable bonds is 1. The Morgan fingerprint density at radius 1 is 0.789 bits per heavy atom. The lowest BCUT2D eigenvalue weighted by Crippen LogP contribution is -2.42. The summed E-state index contributed by atoms with van der Waals surface area (Å²) in [7, 11) is 0. The van der Waals surface area contributed by atoms with E-state index < -0.39 is 0 Å². The molecule has 106 valence electrons. The van der Waals surface area contributed by atoms with E-state index in [-0.39, 0.29) is 0 Å². The first kappa shape index (κ1) is 14.6. The molecule has 1 aliphatic rings. The molecule has 0 aromatic heterocycles. The Bertz CT molecular complexity index is 458. The van der Waals surface area contributed by atoms with Gasteiger partial charge in [-0.25, -0.2) is 0 Å². The van der Waals surface area contributed by atoms with Crippen LogP contribution in [0.1, 0.15) is 59.6 Å². The molecule has 1 aliphatic heterocycles. The molecule has 3 unspecified atom stereocenters. The summed E-state index contributed by atoms with van der Waals surface area (Å²) in [6.07, 6.45) is 1.27. The van der Waals surface area contributed by atoms with Gasteiger partial charge in [-0.3, -0.25) is 0 Å². The summed E-state index contributed by atoms with van der Waals surface area (Å²) in [6, 6.07) is 0.625. The minimum Gasteiger partial charge on any atom is -0.314 e. The van der Waals surface area contributed by atoms with E-state index in [1.54, 1.807) is 5.56 Å². The van der Waals surface area contributed by atoms with Gasteiger partial charge < -0.3 is 5.32 Å². The zero-order valence-corrected chi connectivity index (χ0v) is 13.6. The highest BCUT2D eigenvalue weighted by atomic mass is 14.9. The topological polar surface area (TPSA) is 12.0 Å². The molecule has 0 aliphatic carbocycles. The molecule has 1 N–H and O–H groups in total. The van der Waals surface area contributed by atoms with Crippen molar-refractivity contribution in [1.82, 2.24) is 5.32 Å². The summed E-state index contributed by atoms with van der Waals surface area (Å²) in [5, 5.41) is 3.61. The normalized spacial score (nSPS) is 27.6. The summed E-state index contributed by atoms with van der Waals surface area (Å²) in [6.45, 7) is 17.4. The SMILES string of the molecule is Cc1c(C)c(C)c(C2CCNC(C)C2C)c(C)c1C. The summed E-state index contributed by atoms with van der Waals surface area (Å²) in [4.78, 5) is 0. The van der Waals surface area contributed by atoms with Gasteiger partial charge in [-0.2, -0.15) is 0 Å². The molecule has 0 saturated carbocycles. The second kappa shape index (κ2) is 5.28. The fourth-order valence-electron chi connectivity index (χ4n) is 3.76. The Kier molecular flexibility index (Phi) is 4.06. The van der Waals surface area contributed by atoms with Gasteiger partial charge in [-0.15, -0.1) is 0 Å². The Balaban J connectivity index is 2.56. The minimum absolute atomic E-state index is 0.625. The van der Waals surface area contributed by atoms with Gasteiger partial charge in [0.1, 0.15) is 0 Å². The molecule has 1 heterocycles. The van der Waals surface area contributed by atoms with E-state index in [0.717, 1.165) is 6.54 Å². The van der Waals surface area contributed by atoms with Crippen LogP contribution in [0.15, 0.2) is 0 Å². The average Bonchev–Trinajstić information content (AvgIpc) is 2.39. The second-order valence-corrected chi connectivity index (χ2v) is 6.54. The van der Waals surface area contributed by atoms with E-state index in [1.807, 2.05) is 0 Å². The lowest BCUT2D eigenvalue weighted by atomic mass is 9.73. The first-order chi connectivity index (χ1) is 8.86. The maximum atomic E-state index is 3.61. The first-order valence-corrected chi connectivity index (χ1v) is 7.66. The van der Waals surface area contributed by atoms with Gasteiger partial charge in [0.2, 0.25) is 0 Å². The Labute approximate surface area is 118 Å². The quantitative estimate of drug-likeness (QED) is 0.791. The molecule has 1 aromatic rings. The molecular weight excluding hydrogens is 230 g/mol. The van der Waals surface area contributed by atoms with Crippen LogP contribution in [-0.4, -0.2) is 12.6 Å². The molecule has 2 rings (SSSR count). The number of piperidine rings is 1. The van der Waals surface area contributed by atoms with Crippen LogP contribution >= 0.6 is 0 Å². The van der Waals surface area contributed by atoms with Crippen molar-refractivity contribution in [3.8, 4) is 0 Å². The third-order valence-corrected chi connectivity index (χ3v) is 5.77. The van der Waals surface area contributed by atoms with Crippen molar-refractivity contribution in [3.05, 3.63) is 33.4 Å². The van der Waals surface area contributed by atoms with Crippen LogP contribution in [0.2, 0.25) is 0 Å². The van der Waals surface area contributed by atoms with Crippen molar-refractivity contribution in [2.24, 2.45) is 5.92 Å². The third kappa shape index (κ3) is 2.33. The van der Waals surface area contributed by atoms with E-state index in [4.69, 9.17) is 0 Å². The van der Waals surface area contributed by atoms with Crippen LogP contribution < -0.4 is 5.32 Å². The predicted molar refractivity (Wildman–Crippen MR) is 84.1 cm³/mol. The molecule has 0 spiro atoms. The molecular formula is C18H29N. The van der Waals surface area contributed by atoms with Crippen molar-refractivity contribution >= 4 is 0 Å². The van der Waals surface area contributed by atoms with Gasteiger partial charge in [-0.05, 0) is 99.7 Å². The molecule has 0 radical (unpaired) electrons. The fourth-order valence-corrected chi connectivity index (χ4v) is 3.76. The number of benzene rings is 1. The molecule has 19 heavy (non-hydrogen) atoms.